The molecule has 0 aliphatic heterocycles. The Bertz CT molecular complexity index is 437. The summed E-state index contributed by atoms with van der Waals surface area (Å²) >= 11 is 0. The van der Waals surface area contributed by atoms with Crippen LogP contribution in [0.1, 0.15) is 25.4 Å². The normalized spacial score (nSPS) is 10.8. The van der Waals surface area contributed by atoms with Crippen LogP contribution in [0.3, 0.4) is 0 Å². The molecule has 0 bridgehead atoms. The number of rotatable bonds is 7. The fraction of sp³-hybridized carbons (Fsp3) is 0.533. The lowest BCUT2D eigenvalue weighted by molar-refractivity contribution is -0.131. The molecule has 0 spiro atoms. The second kappa shape index (κ2) is 7.14. The molecule has 0 saturated heterocycles. The van der Waals surface area contributed by atoms with Gasteiger partial charge in [0.2, 0.25) is 5.91 Å². The largest absolute Gasteiger partial charge is 0.464 e. The molecule has 106 valence electrons. The molecular formula is C15H24N2O2. The summed E-state index contributed by atoms with van der Waals surface area (Å²) < 4.78 is 5.48. The van der Waals surface area contributed by atoms with Crippen LogP contribution in [-0.2, 0) is 11.3 Å². The van der Waals surface area contributed by atoms with Crippen molar-refractivity contribution in [3.05, 3.63) is 35.8 Å². The Morgan fingerprint density at radius 1 is 1.37 bits per heavy atom. The number of aryl methyl sites for hydroxylation is 1. The summed E-state index contributed by atoms with van der Waals surface area (Å²) in [6.45, 7) is 12.3. The highest BCUT2D eigenvalue weighted by Crippen LogP contribution is 2.09. The summed E-state index contributed by atoms with van der Waals surface area (Å²) in [4.78, 5) is 15.9. The van der Waals surface area contributed by atoms with Gasteiger partial charge in [0, 0.05) is 13.6 Å². The maximum atomic E-state index is 12.1. The predicted molar refractivity (Wildman–Crippen MR) is 76.8 cm³/mol. The van der Waals surface area contributed by atoms with Gasteiger partial charge >= 0.3 is 0 Å². The van der Waals surface area contributed by atoms with E-state index in [9.17, 15) is 4.79 Å². The first-order valence-corrected chi connectivity index (χ1v) is 6.58. The first kappa shape index (κ1) is 15.5. The van der Waals surface area contributed by atoms with Crippen molar-refractivity contribution < 1.29 is 9.21 Å². The molecule has 0 aliphatic carbocycles. The highest BCUT2D eigenvalue weighted by atomic mass is 16.3. The monoisotopic (exact) mass is 264 g/mol. The van der Waals surface area contributed by atoms with Gasteiger partial charge in [0.15, 0.2) is 0 Å². The maximum Gasteiger partial charge on any atom is 0.236 e. The van der Waals surface area contributed by atoms with Crippen LogP contribution in [0, 0.1) is 6.92 Å². The van der Waals surface area contributed by atoms with Crippen LogP contribution in [0.25, 0.3) is 0 Å². The molecule has 4 heteroatoms. The van der Waals surface area contributed by atoms with E-state index in [0.29, 0.717) is 13.1 Å². The van der Waals surface area contributed by atoms with Crippen molar-refractivity contribution in [2.24, 2.45) is 0 Å². The molecule has 1 rings (SSSR count). The molecule has 0 radical (unpaired) electrons. The Labute approximate surface area is 115 Å². The number of hydrogen-bond acceptors (Lipinski definition) is 3. The van der Waals surface area contributed by atoms with Gasteiger partial charge in [0.25, 0.3) is 0 Å². The van der Waals surface area contributed by atoms with Gasteiger partial charge in [-0.1, -0.05) is 19.1 Å². The van der Waals surface area contributed by atoms with E-state index in [-0.39, 0.29) is 5.91 Å². The zero-order valence-corrected chi connectivity index (χ0v) is 12.4. The minimum absolute atomic E-state index is 0.0946. The quantitative estimate of drug-likeness (QED) is 0.710. The average Bonchev–Trinajstić information content (AvgIpc) is 2.73. The number of carbonyl (C=O) groups is 1. The maximum absolute atomic E-state index is 12.1. The topological polar surface area (TPSA) is 36.7 Å². The van der Waals surface area contributed by atoms with E-state index in [1.165, 1.54) is 0 Å². The van der Waals surface area contributed by atoms with E-state index >= 15 is 0 Å². The molecule has 0 fully saturated rings. The summed E-state index contributed by atoms with van der Waals surface area (Å²) in [6, 6.07) is 3.82. The molecule has 0 saturated carbocycles. The number of carbonyl (C=O) groups excluding carboxylic acids is 1. The van der Waals surface area contributed by atoms with Crippen LogP contribution >= 0.6 is 0 Å². The van der Waals surface area contributed by atoms with E-state index in [1.54, 1.807) is 11.9 Å². The van der Waals surface area contributed by atoms with Gasteiger partial charge in [-0.25, -0.2) is 0 Å². The van der Waals surface area contributed by atoms with Crippen LogP contribution < -0.4 is 0 Å². The molecular weight excluding hydrogens is 240 g/mol. The summed E-state index contributed by atoms with van der Waals surface area (Å²) in [5.41, 5.74) is 1.07. The SMILES string of the molecule is C=C(C)CN(CC)CC(=O)N(C)Cc1ccc(C)o1. The van der Waals surface area contributed by atoms with E-state index < -0.39 is 0 Å². The summed E-state index contributed by atoms with van der Waals surface area (Å²) in [6.07, 6.45) is 0. The standard InChI is InChI=1S/C15H24N2O2/c1-6-17(9-12(2)3)11-15(18)16(5)10-14-8-7-13(4)19-14/h7-8H,2,6,9-11H2,1,3-5H3. The smallest absolute Gasteiger partial charge is 0.236 e. The third kappa shape index (κ3) is 5.30. The lowest BCUT2D eigenvalue weighted by atomic mass is 10.3. The van der Waals surface area contributed by atoms with E-state index in [2.05, 4.69) is 11.5 Å². The fourth-order valence-electron chi connectivity index (χ4n) is 1.87. The Kier molecular flexibility index (Phi) is 5.83. The van der Waals surface area contributed by atoms with Crippen molar-refractivity contribution >= 4 is 5.91 Å². The first-order chi connectivity index (χ1) is 8.92. The van der Waals surface area contributed by atoms with Crippen LogP contribution in [0.2, 0.25) is 0 Å². The highest BCUT2D eigenvalue weighted by molar-refractivity contribution is 5.77. The van der Waals surface area contributed by atoms with Crippen molar-refractivity contribution in [3.63, 3.8) is 0 Å². The zero-order valence-electron chi connectivity index (χ0n) is 12.4. The fourth-order valence-corrected chi connectivity index (χ4v) is 1.87. The first-order valence-electron chi connectivity index (χ1n) is 6.58. The van der Waals surface area contributed by atoms with Crippen LogP contribution in [0.15, 0.2) is 28.7 Å². The number of likely N-dealkylation sites (N-methyl/N-ethyl adjacent to an activating group) is 2. The third-order valence-electron chi connectivity index (χ3n) is 2.91. The summed E-state index contributed by atoms with van der Waals surface area (Å²) in [5, 5.41) is 0. The molecule has 0 unspecified atom stereocenters. The van der Waals surface area contributed by atoms with Gasteiger partial charge < -0.3 is 9.32 Å². The number of hydrogen-bond donors (Lipinski definition) is 0. The Morgan fingerprint density at radius 2 is 2.05 bits per heavy atom. The lowest BCUT2D eigenvalue weighted by Crippen LogP contribution is -2.38. The third-order valence-corrected chi connectivity index (χ3v) is 2.91. The van der Waals surface area contributed by atoms with Crippen molar-refractivity contribution in [1.82, 2.24) is 9.80 Å². The number of amides is 1. The van der Waals surface area contributed by atoms with Crippen LogP contribution in [-0.4, -0.2) is 42.4 Å². The van der Waals surface area contributed by atoms with Gasteiger partial charge in [-0.3, -0.25) is 9.69 Å². The molecule has 1 aromatic heterocycles. The van der Waals surface area contributed by atoms with Crippen LogP contribution in [0.4, 0.5) is 0 Å². The number of nitrogens with zero attached hydrogens (tertiary/aromatic N) is 2. The number of furan rings is 1. The van der Waals surface area contributed by atoms with Gasteiger partial charge in [0.1, 0.15) is 11.5 Å². The van der Waals surface area contributed by atoms with E-state index in [1.807, 2.05) is 32.9 Å². The minimum atomic E-state index is 0.0946. The second-order valence-corrected chi connectivity index (χ2v) is 5.02. The van der Waals surface area contributed by atoms with Crippen LogP contribution in [0.5, 0.6) is 0 Å². The molecule has 0 atom stereocenters. The molecule has 1 aromatic rings. The van der Waals surface area contributed by atoms with Gasteiger partial charge in [0.05, 0.1) is 13.1 Å². The molecule has 0 N–H and O–H groups in total. The second-order valence-electron chi connectivity index (χ2n) is 5.02. The molecule has 1 heterocycles. The van der Waals surface area contributed by atoms with Crippen molar-refractivity contribution in [3.8, 4) is 0 Å². The molecule has 1 amide bonds. The van der Waals surface area contributed by atoms with E-state index in [4.69, 9.17) is 4.42 Å². The Hall–Kier alpha value is -1.55. The van der Waals surface area contributed by atoms with Gasteiger partial charge in [-0.2, -0.15) is 0 Å². The van der Waals surface area contributed by atoms with Crippen molar-refractivity contribution in [2.45, 2.75) is 27.3 Å². The average molecular weight is 264 g/mol. The molecule has 19 heavy (non-hydrogen) atoms. The highest BCUT2D eigenvalue weighted by Gasteiger charge is 2.14. The van der Waals surface area contributed by atoms with E-state index in [0.717, 1.165) is 30.2 Å². The zero-order chi connectivity index (χ0) is 14.4. The van der Waals surface area contributed by atoms with Gasteiger partial charge in [-0.15, -0.1) is 0 Å². The Morgan fingerprint density at radius 3 is 2.53 bits per heavy atom. The lowest BCUT2D eigenvalue weighted by Gasteiger charge is -2.23. The van der Waals surface area contributed by atoms with Crippen molar-refractivity contribution in [1.29, 1.82) is 0 Å². The molecule has 0 aliphatic rings. The Balaban J connectivity index is 2.49. The summed E-state index contributed by atoms with van der Waals surface area (Å²) in [7, 11) is 1.80. The summed E-state index contributed by atoms with van der Waals surface area (Å²) in [5.74, 6) is 1.78. The van der Waals surface area contributed by atoms with Gasteiger partial charge in [-0.05, 0) is 32.5 Å². The minimum Gasteiger partial charge on any atom is -0.464 e. The predicted octanol–water partition coefficient (Wildman–Crippen LogP) is 2.44. The molecule has 0 aromatic carbocycles. The molecule has 4 nitrogen and oxygen atoms in total. The van der Waals surface area contributed by atoms with Crippen molar-refractivity contribution in [2.75, 3.05) is 26.7 Å².